The number of carbonyl (C=O) groups excluding carboxylic acids is 1. The third-order valence-corrected chi connectivity index (χ3v) is 4.09. The standard InChI is InChI=1S/C10H10Cl2O2S/c1-10(3-2-4-14-10)8(13)6-5-7(11)15-9(6)12/h5H,2-4H2,1H3. The number of ketones is 1. The molecular formula is C10H10Cl2O2S. The SMILES string of the molecule is CC1(C(=O)c2cc(Cl)sc2Cl)CCCO1. The van der Waals surface area contributed by atoms with Gasteiger partial charge in [-0.15, -0.1) is 11.3 Å². The lowest BCUT2D eigenvalue weighted by Gasteiger charge is -2.20. The molecule has 2 nitrogen and oxygen atoms in total. The highest BCUT2D eigenvalue weighted by Crippen LogP contribution is 2.36. The van der Waals surface area contributed by atoms with Crippen molar-refractivity contribution in [1.29, 1.82) is 0 Å². The van der Waals surface area contributed by atoms with Crippen LogP contribution in [0.4, 0.5) is 0 Å². The van der Waals surface area contributed by atoms with Gasteiger partial charge in [-0.25, -0.2) is 0 Å². The van der Waals surface area contributed by atoms with Gasteiger partial charge < -0.3 is 4.74 Å². The van der Waals surface area contributed by atoms with Crippen LogP contribution in [0.25, 0.3) is 0 Å². The molecule has 1 aliphatic heterocycles. The number of thiophene rings is 1. The summed E-state index contributed by atoms with van der Waals surface area (Å²) in [5.74, 6) is -0.0619. The van der Waals surface area contributed by atoms with E-state index < -0.39 is 5.60 Å². The molecule has 0 saturated carbocycles. The van der Waals surface area contributed by atoms with E-state index in [1.165, 1.54) is 11.3 Å². The minimum absolute atomic E-state index is 0.0619. The molecule has 1 aromatic heterocycles. The highest BCUT2D eigenvalue weighted by molar-refractivity contribution is 7.20. The van der Waals surface area contributed by atoms with Gasteiger partial charge in [0.15, 0.2) is 5.78 Å². The first-order chi connectivity index (χ1) is 7.03. The molecule has 1 aliphatic rings. The Kier molecular flexibility index (Phi) is 3.08. The van der Waals surface area contributed by atoms with Crippen LogP contribution < -0.4 is 0 Å². The third-order valence-electron chi connectivity index (χ3n) is 2.60. The molecule has 1 aromatic rings. The predicted molar refractivity (Wildman–Crippen MR) is 62.3 cm³/mol. The summed E-state index contributed by atoms with van der Waals surface area (Å²) in [7, 11) is 0. The lowest BCUT2D eigenvalue weighted by Crippen LogP contribution is -2.34. The van der Waals surface area contributed by atoms with E-state index in [1.807, 2.05) is 6.92 Å². The van der Waals surface area contributed by atoms with Gasteiger partial charge in [0.1, 0.15) is 9.94 Å². The minimum Gasteiger partial charge on any atom is -0.367 e. The van der Waals surface area contributed by atoms with Crippen LogP contribution in [0.3, 0.4) is 0 Å². The van der Waals surface area contributed by atoms with Gasteiger partial charge in [-0.2, -0.15) is 0 Å². The Labute approximate surface area is 102 Å². The van der Waals surface area contributed by atoms with E-state index in [2.05, 4.69) is 0 Å². The number of halogens is 2. The Morgan fingerprint density at radius 3 is 2.80 bits per heavy atom. The highest BCUT2D eigenvalue weighted by Gasteiger charge is 2.39. The second kappa shape index (κ2) is 4.06. The lowest BCUT2D eigenvalue weighted by molar-refractivity contribution is 0.0214. The minimum atomic E-state index is -0.714. The van der Waals surface area contributed by atoms with Crippen LogP contribution in [0.15, 0.2) is 6.07 Å². The second-order valence-corrected chi connectivity index (χ2v) is 6.04. The van der Waals surface area contributed by atoms with Crippen molar-refractivity contribution in [3.05, 3.63) is 20.3 Å². The molecule has 1 atom stereocenters. The maximum atomic E-state index is 12.1. The normalized spacial score (nSPS) is 25.8. The average Bonchev–Trinajstić information content (AvgIpc) is 2.73. The maximum Gasteiger partial charge on any atom is 0.196 e. The van der Waals surface area contributed by atoms with Crippen molar-refractivity contribution in [3.8, 4) is 0 Å². The van der Waals surface area contributed by atoms with Gasteiger partial charge in [0, 0.05) is 6.61 Å². The molecule has 2 heterocycles. The summed E-state index contributed by atoms with van der Waals surface area (Å²) in [5.41, 5.74) is -0.232. The molecule has 1 saturated heterocycles. The zero-order valence-electron chi connectivity index (χ0n) is 8.18. The summed E-state index contributed by atoms with van der Waals surface area (Å²) in [5, 5.41) is 0. The number of Topliss-reactive ketones (excluding diaryl/α,β-unsaturated/α-hetero) is 1. The molecule has 0 aromatic carbocycles. The van der Waals surface area contributed by atoms with Crippen molar-refractivity contribution < 1.29 is 9.53 Å². The molecular weight excluding hydrogens is 255 g/mol. The number of hydrogen-bond acceptors (Lipinski definition) is 3. The predicted octanol–water partition coefficient (Wildman–Crippen LogP) is 3.81. The molecule has 15 heavy (non-hydrogen) atoms. The van der Waals surface area contributed by atoms with Crippen LogP contribution in [-0.2, 0) is 4.74 Å². The van der Waals surface area contributed by atoms with Gasteiger partial charge >= 0.3 is 0 Å². The number of hydrogen-bond donors (Lipinski definition) is 0. The van der Waals surface area contributed by atoms with Crippen molar-refractivity contribution in [1.82, 2.24) is 0 Å². The summed E-state index contributed by atoms with van der Waals surface area (Å²) < 4.78 is 6.45. The monoisotopic (exact) mass is 264 g/mol. The first kappa shape index (κ1) is 11.4. The Hall–Kier alpha value is -0.0900. The maximum absolute atomic E-state index is 12.1. The summed E-state index contributed by atoms with van der Waals surface area (Å²) in [6, 6.07) is 1.61. The molecule has 0 amide bonds. The molecule has 0 bridgehead atoms. The molecule has 82 valence electrons. The summed E-state index contributed by atoms with van der Waals surface area (Å²) in [6.45, 7) is 2.45. The van der Waals surface area contributed by atoms with Crippen LogP contribution >= 0.6 is 34.5 Å². The molecule has 1 fully saturated rings. The van der Waals surface area contributed by atoms with Crippen LogP contribution in [-0.4, -0.2) is 18.0 Å². The quantitative estimate of drug-likeness (QED) is 0.760. The smallest absolute Gasteiger partial charge is 0.196 e. The molecule has 0 spiro atoms. The Balaban J connectivity index is 2.31. The van der Waals surface area contributed by atoms with Gasteiger partial charge in [0.2, 0.25) is 0 Å². The Bertz CT molecular complexity index is 394. The average molecular weight is 265 g/mol. The zero-order valence-corrected chi connectivity index (χ0v) is 10.5. The van der Waals surface area contributed by atoms with E-state index in [9.17, 15) is 4.79 Å². The highest BCUT2D eigenvalue weighted by atomic mass is 35.5. The first-order valence-electron chi connectivity index (χ1n) is 4.66. The van der Waals surface area contributed by atoms with Crippen molar-refractivity contribution in [3.63, 3.8) is 0 Å². The van der Waals surface area contributed by atoms with Gasteiger partial charge in [-0.05, 0) is 25.8 Å². The molecule has 5 heteroatoms. The van der Waals surface area contributed by atoms with Crippen LogP contribution in [0.5, 0.6) is 0 Å². The van der Waals surface area contributed by atoms with Crippen LogP contribution in [0.1, 0.15) is 30.1 Å². The molecule has 0 aliphatic carbocycles. The molecule has 0 N–H and O–H groups in total. The van der Waals surface area contributed by atoms with Gasteiger partial charge in [0.05, 0.1) is 9.90 Å². The van der Waals surface area contributed by atoms with Crippen molar-refractivity contribution in [2.45, 2.75) is 25.4 Å². The number of ether oxygens (including phenoxy) is 1. The Morgan fingerprint density at radius 2 is 2.33 bits per heavy atom. The van der Waals surface area contributed by atoms with Gasteiger partial charge in [-0.3, -0.25) is 4.79 Å². The van der Waals surface area contributed by atoms with E-state index in [4.69, 9.17) is 27.9 Å². The third kappa shape index (κ3) is 2.07. The first-order valence-corrected chi connectivity index (χ1v) is 6.24. The number of rotatable bonds is 2. The lowest BCUT2D eigenvalue weighted by atomic mass is 9.93. The fourth-order valence-corrected chi connectivity index (χ4v) is 3.20. The zero-order chi connectivity index (χ0) is 11.1. The molecule has 1 unspecified atom stereocenters. The second-order valence-electron chi connectivity index (χ2n) is 3.75. The fraction of sp³-hybridized carbons (Fsp3) is 0.500. The van der Waals surface area contributed by atoms with E-state index in [-0.39, 0.29) is 5.78 Å². The van der Waals surface area contributed by atoms with E-state index >= 15 is 0 Å². The van der Waals surface area contributed by atoms with Crippen molar-refractivity contribution >= 4 is 40.3 Å². The topological polar surface area (TPSA) is 26.3 Å². The van der Waals surface area contributed by atoms with Gasteiger partial charge in [0.25, 0.3) is 0 Å². The Morgan fingerprint density at radius 1 is 1.60 bits per heavy atom. The summed E-state index contributed by atoms with van der Waals surface area (Å²) in [6.07, 6.45) is 1.66. The van der Waals surface area contributed by atoms with E-state index in [1.54, 1.807) is 6.07 Å². The van der Waals surface area contributed by atoms with E-state index in [0.29, 0.717) is 20.8 Å². The summed E-state index contributed by atoms with van der Waals surface area (Å²) >= 11 is 13.0. The largest absolute Gasteiger partial charge is 0.367 e. The fourth-order valence-electron chi connectivity index (χ4n) is 1.74. The van der Waals surface area contributed by atoms with Crippen molar-refractivity contribution in [2.24, 2.45) is 0 Å². The summed E-state index contributed by atoms with van der Waals surface area (Å²) in [4.78, 5) is 12.1. The van der Waals surface area contributed by atoms with Crippen molar-refractivity contribution in [2.75, 3.05) is 6.61 Å². The molecule has 2 rings (SSSR count). The van der Waals surface area contributed by atoms with Gasteiger partial charge in [-0.1, -0.05) is 23.2 Å². The van der Waals surface area contributed by atoms with Crippen LogP contribution in [0, 0.1) is 0 Å². The number of carbonyl (C=O) groups is 1. The van der Waals surface area contributed by atoms with E-state index in [0.717, 1.165) is 12.8 Å². The molecule has 0 radical (unpaired) electrons. The van der Waals surface area contributed by atoms with Crippen LogP contribution in [0.2, 0.25) is 8.67 Å².